The maximum absolute atomic E-state index is 13.5. The van der Waals surface area contributed by atoms with Crippen molar-refractivity contribution in [2.75, 3.05) is 4.90 Å². The molecular weight excluding hydrogens is 425 g/mol. The number of benzene rings is 2. The third kappa shape index (κ3) is 3.75. The molecule has 1 aromatic heterocycles. The second kappa shape index (κ2) is 8.02. The predicted molar refractivity (Wildman–Crippen MR) is 125 cm³/mol. The van der Waals surface area contributed by atoms with Crippen LogP contribution in [0.25, 0.3) is 5.76 Å². The molecule has 32 heavy (non-hydrogen) atoms. The van der Waals surface area contributed by atoms with Crippen molar-refractivity contribution in [2.24, 2.45) is 0 Å². The summed E-state index contributed by atoms with van der Waals surface area (Å²) < 4.78 is 13.5. The highest BCUT2D eigenvalue weighted by atomic mass is 32.1. The van der Waals surface area contributed by atoms with Crippen molar-refractivity contribution in [1.29, 1.82) is 0 Å². The summed E-state index contributed by atoms with van der Waals surface area (Å²) in [5.41, 5.74) is 2.60. The average molecular weight is 450 g/mol. The van der Waals surface area contributed by atoms with Gasteiger partial charge in [0, 0.05) is 16.1 Å². The Hall–Kier alpha value is -3.25. The Morgan fingerprint density at radius 1 is 1.06 bits per heavy atom. The molecule has 1 atom stereocenters. The summed E-state index contributed by atoms with van der Waals surface area (Å²) >= 11 is 1.39. The number of hydrogen-bond donors (Lipinski definition) is 1. The molecule has 1 saturated heterocycles. The molecular formula is C26H24FNO3S. The first-order valence-corrected chi connectivity index (χ1v) is 11.2. The number of aliphatic hydroxyl groups excluding tert-OH is 1. The minimum atomic E-state index is -0.793. The van der Waals surface area contributed by atoms with Crippen LogP contribution in [0.1, 0.15) is 48.4 Å². The van der Waals surface area contributed by atoms with Gasteiger partial charge in [-0.25, -0.2) is 4.39 Å². The number of aliphatic hydroxyl groups is 1. The molecule has 4 nitrogen and oxygen atoms in total. The normalized spacial score (nSPS) is 18.4. The number of carbonyl (C=O) groups excluding carboxylic acids is 2. The van der Waals surface area contributed by atoms with Gasteiger partial charge in [-0.15, -0.1) is 11.3 Å². The fourth-order valence-corrected chi connectivity index (χ4v) is 4.73. The minimum absolute atomic E-state index is 0.0379. The zero-order valence-electron chi connectivity index (χ0n) is 18.3. The van der Waals surface area contributed by atoms with Gasteiger partial charge in [0.15, 0.2) is 0 Å². The fraction of sp³-hybridized carbons (Fsp3) is 0.231. The van der Waals surface area contributed by atoms with E-state index >= 15 is 0 Å². The maximum atomic E-state index is 13.5. The van der Waals surface area contributed by atoms with Gasteiger partial charge in [0.25, 0.3) is 11.7 Å². The molecule has 1 N–H and O–H groups in total. The van der Waals surface area contributed by atoms with Crippen LogP contribution < -0.4 is 4.90 Å². The summed E-state index contributed by atoms with van der Waals surface area (Å²) in [6, 6.07) is 14.1. The first kappa shape index (κ1) is 22.0. The number of nitrogens with zero attached hydrogens (tertiary/aromatic N) is 1. The Morgan fingerprint density at radius 2 is 1.75 bits per heavy atom. The van der Waals surface area contributed by atoms with Crippen LogP contribution in [-0.4, -0.2) is 16.8 Å². The number of carbonyl (C=O) groups is 2. The van der Waals surface area contributed by atoms with Crippen molar-refractivity contribution in [1.82, 2.24) is 0 Å². The Labute approximate surface area is 190 Å². The van der Waals surface area contributed by atoms with Crippen LogP contribution in [0, 0.1) is 12.7 Å². The monoisotopic (exact) mass is 449 g/mol. The molecule has 1 fully saturated rings. The van der Waals surface area contributed by atoms with E-state index in [9.17, 15) is 19.1 Å². The van der Waals surface area contributed by atoms with Gasteiger partial charge in [-0.1, -0.05) is 39.0 Å². The number of aryl methyl sites for hydroxylation is 1. The lowest BCUT2D eigenvalue weighted by Crippen LogP contribution is -2.29. The summed E-state index contributed by atoms with van der Waals surface area (Å²) in [6.07, 6.45) is 0. The standard InChI is InChI=1S/C26H24FNO3S/c1-15-7-8-16(26(2,3)4)14-19(15)23(29)21-22(20-6-5-13-32-20)28(25(31)24(21)30)18-11-9-17(27)10-12-18/h5-14,22,29H,1-4H3/b23-21+. The lowest BCUT2D eigenvalue weighted by atomic mass is 9.84. The van der Waals surface area contributed by atoms with Crippen LogP contribution in [0.2, 0.25) is 0 Å². The van der Waals surface area contributed by atoms with E-state index in [4.69, 9.17) is 0 Å². The molecule has 4 rings (SSSR count). The topological polar surface area (TPSA) is 57.6 Å². The number of hydrogen-bond acceptors (Lipinski definition) is 4. The van der Waals surface area contributed by atoms with Crippen LogP contribution in [0.3, 0.4) is 0 Å². The first-order chi connectivity index (χ1) is 15.1. The maximum Gasteiger partial charge on any atom is 0.300 e. The van der Waals surface area contributed by atoms with Crippen LogP contribution in [0.5, 0.6) is 0 Å². The van der Waals surface area contributed by atoms with Gasteiger partial charge in [-0.05, 0) is 65.2 Å². The van der Waals surface area contributed by atoms with Gasteiger partial charge >= 0.3 is 0 Å². The summed E-state index contributed by atoms with van der Waals surface area (Å²) in [4.78, 5) is 28.4. The van der Waals surface area contributed by atoms with E-state index < -0.39 is 23.5 Å². The number of Topliss-reactive ketones (excluding diaryl/α,β-unsaturated/α-hetero) is 1. The molecule has 3 aromatic rings. The number of ketones is 1. The zero-order valence-corrected chi connectivity index (χ0v) is 19.2. The largest absolute Gasteiger partial charge is 0.507 e. The van der Waals surface area contributed by atoms with E-state index in [2.05, 4.69) is 20.8 Å². The smallest absolute Gasteiger partial charge is 0.300 e. The molecule has 1 unspecified atom stereocenters. The lowest BCUT2D eigenvalue weighted by molar-refractivity contribution is -0.132. The lowest BCUT2D eigenvalue weighted by Gasteiger charge is -2.25. The molecule has 6 heteroatoms. The van der Waals surface area contributed by atoms with Crippen molar-refractivity contribution >= 4 is 34.5 Å². The van der Waals surface area contributed by atoms with E-state index in [-0.39, 0.29) is 16.7 Å². The number of halogens is 1. The molecule has 0 bridgehead atoms. The summed E-state index contributed by atoms with van der Waals surface area (Å²) in [5.74, 6) is -2.14. The van der Waals surface area contributed by atoms with Gasteiger partial charge < -0.3 is 5.11 Å². The van der Waals surface area contributed by atoms with Gasteiger partial charge in [0.1, 0.15) is 17.6 Å². The average Bonchev–Trinajstić information content (AvgIpc) is 3.35. The summed E-state index contributed by atoms with van der Waals surface area (Å²) in [6.45, 7) is 8.07. The Balaban J connectivity index is 1.94. The molecule has 1 amide bonds. The fourth-order valence-electron chi connectivity index (χ4n) is 3.91. The number of amides is 1. The highest BCUT2D eigenvalue weighted by Crippen LogP contribution is 2.44. The van der Waals surface area contributed by atoms with Crippen LogP contribution >= 0.6 is 11.3 Å². The SMILES string of the molecule is Cc1ccc(C(C)(C)C)cc1/C(O)=C1\C(=O)C(=O)N(c2ccc(F)cc2)C1c1cccs1. The predicted octanol–water partition coefficient (Wildman–Crippen LogP) is 6.12. The molecule has 1 aliphatic heterocycles. The van der Waals surface area contributed by atoms with Gasteiger partial charge in [-0.2, -0.15) is 0 Å². The van der Waals surface area contributed by atoms with Crippen molar-refractivity contribution in [2.45, 2.75) is 39.2 Å². The molecule has 0 radical (unpaired) electrons. The van der Waals surface area contributed by atoms with Crippen molar-refractivity contribution in [3.05, 3.63) is 92.9 Å². The van der Waals surface area contributed by atoms with Crippen molar-refractivity contribution in [3.8, 4) is 0 Å². The molecule has 0 aliphatic carbocycles. The Kier molecular flexibility index (Phi) is 5.51. The summed E-state index contributed by atoms with van der Waals surface area (Å²) in [7, 11) is 0. The highest BCUT2D eigenvalue weighted by molar-refractivity contribution is 7.10. The van der Waals surface area contributed by atoms with E-state index in [1.807, 2.05) is 42.6 Å². The van der Waals surface area contributed by atoms with Crippen molar-refractivity contribution < 1.29 is 19.1 Å². The molecule has 2 heterocycles. The Morgan fingerprint density at radius 3 is 2.34 bits per heavy atom. The minimum Gasteiger partial charge on any atom is -0.507 e. The number of rotatable bonds is 3. The van der Waals surface area contributed by atoms with E-state index in [0.29, 0.717) is 11.3 Å². The molecule has 1 aliphatic rings. The van der Waals surface area contributed by atoms with Crippen LogP contribution in [-0.2, 0) is 15.0 Å². The van der Waals surface area contributed by atoms with E-state index in [0.717, 1.165) is 16.0 Å². The Bertz CT molecular complexity index is 1220. The van der Waals surface area contributed by atoms with Crippen molar-refractivity contribution in [3.63, 3.8) is 0 Å². The third-order valence-corrected chi connectivity index (χ3v) is 6.65. The molecule has 164 valence electrons. The molecule has 0 saturated carbocycles. The van der Waals surface area contributed by atoms with E-state index in [1.54, 1.807) is 0 Å². The van der Waals surface area contributed by atoms with Gasteiger partial charge in [-0.3, -0.25) is 14.5 Å². The highest BCUT2D eigenvalue weighted by Gasteiger charge is 2.47. The van der Waals surface area contributed by atoms with E-state index in [1.165, 1.54) is 40.5 Å². The zero-order chi connectivity index (χ0) is 23.2. The number of anilines is 1. The third-order valence-electron chi connectivity index (χ3n) is 5.72. The summed E-state index contributed by atoms with van der Waals surface area (Å²) in [5, 5.41) is 13.2. The van der Waals surface area contributed by atoms with Gasteiger partial charge in [0.05, 0.1) is 5.57 Å². The van der Waals surface area contributed by atoms with Crippen LogP contribution in [0.15, 0.2) is 65.6 Å². The number of thiophene rings is 1. The van der Waals surface area contributed by atoms with Gasteiger partial charge in [0.2, 0.25) is 0 Å². The molecule has 2 aromatic carbocycles. The second-order valence-corrected chi connectivity index (χ2v) is 9.92. The molecule has 0 spiro atoms. The van der Waals surface area contributed by atoms with Crippen LogP contribution in [0.4, 0.5) is 10.1 Å². The second-order valence-electron chi connectivity index (χ2n) is 8.94. The quantitative estimate of drug-likeness (QED) is 0.298. The first-order valence-electron chi connectivity index (χ1n) is 10.3.